The van der Waals surface area contributed by atoms with E-state index in [2.05, 4.69) is 4.89 Å². The van der Waals surface area contributed by atoms with Crippen LogP contribution in [0.15, 0.2) is 18.2 Å². The fourth-order valence-electron chi connectivity index (χ4n) is 1.06. The number of benzene rings is 1. The van der Waals surface area contributed by atoms with Crippen molar-refractivity contribution >= 4 is 5.97 Å². The highest BCUT2D eigenvalue weighted by Crippen LogP contribution is 2.14. The summed E-state index contributed by atoms with van der Waals surface area (Å²) in [5.74, 6) is -1.71. The molecule has 3 nitrogen and oxygen atoms in total. The molecule has 0 aliphatic rings. The van der Waals surface area contributed by atoms with Crippen LogP contribution in [0.5, 0.6) is 0 Å². The molecule has 0 aromatic heterocycles. The Labute approximate surface area is 74.7 Å². The van der Waals surface area contributed by atoms with Crippen LogP contribution in [0.2, 0.25) is 0 Å². The van der Waals surface area contributed by atoms with E-state index in [-0.39, 0.29) is 5.56 Å². The largest absolute Gasteiger partial charge is 0.375 e. The van der Waals surface area contributed by atoms with Crippen molar-refractivity contribution in [2.24, 2.45) is 0 Å². The summed E-state index contributed by atoms with van der Waals surface area (Å²) in [6, 6.07) is 4.37. The molecule has 1 N–H and O–H groups in total. The smallest absolute Gasteiger partial charge is 0.295 e. The van der Waals surface area contributed by atoms with Gasteiger partial charge in [-0.05, 0) is 18.1 Å². The minimum absolute atomic E-state index is 0.248. The third-order valence-corrected chi connectivity index (χ3v) is 1.76. The second kappa shape index (κ2) is 4.00. The van der Waals surface area contributed by atoms with Crippen molar-refractivity contribution in [2.45, 2.75) is 13.3 Å². The van der Waals surface area contributed by atoms with Gasteiger partial charge in [0.05, 0.1) is 5.56 Å². The molecule has 0 aliphatic carbocycles. The fourth-order valence-corrected chi connectivity index (χ4v) is 1.06. The van der Waals surface area contributed by atoms with Crippen molar-refractivity contribution in [1.29, 1.82) is 0 Å². The Bertz CT molecular complexity index is 323. The van der Waals surface area contributed by atoms with Gasteiger partial charge in [-0.25, -0.2) is 9.18 Å². The molecule has 0 aliphatic heterocycles. The lowest BCUT2D eigenvalue weighted by molar-refractivity contribution is -0.183. The van der Waals surface area contributed by atoms with E-state index in [0.29, 0.717) is 12.0 Å². The second-order valence-corrected chi connectivity index (χ2v) is 2.51. The standard InChI is InChI=1S/C9H9FO3/c1-2-6-4-3-5-7(8(6)10)9(11)13-12/h3-5,12H,2H2,1H3. The molecular formula is C9H9FO3. The summed E-state index contributed by atoms with van der Waals surface area (Å²) in [5.41, 5.74) is 0.171. The summed E-state index contributed by atoms with van der Waals surface area (Å²) in [5, 5.41) is 8.06. The highest BCUT2D eigenvalue weighted by molar-refractivity contribution is 5.89. The molecule has 0 bridgehead atoms. The van der Waals surface area contributed by atoms with Gasteiger partial charge >= 0.3 is 5.97 Å². The van der Waals surface area contributed by atoms with Gasteiger partial charge in [-0.1, -0.05) is 19.1 Å². The van der Waals surface area contributed by atoms with Gasteiger partial charge in [-0.15, -0.1) is 0 Å². The molecular weight excluding hydrogens is 175 g/mol. The van der Waals surface area contributed by atoms with Crippen molar-refractivity contribution in [3.05, 3.63) is 35.1 Å². The van der Waals surface area contributed by atoms with Gasteiger partial charge in [0.15, 0.2) is 0 Å². The quantitative estimate of drug-likeness (QED) is 0.565. The maximum Gasteiger partial charge on any atom is 0.375 e. The third-order valence-electron chi connectivity index (χ3n) is 1.76. The molecule has 0 saturated heterocycles. The van der Waals surface area contributed by atoms with E-state index in [0.717, 1.165) is 0 Å². The fraction of sp³-hybridized carbons (Fsp3) is 0.222. The van der Waals surface area contributed by atoms with Crippen LogP contribution in [-0.2, 0) is 11.3 Å². The molecule has 0 radical (unpaired) electrons. The molecule has 1 rings (SSSR count). The van der Waals surface area contributed by atoms with Crippen molar-refractivity contribution in [3.63, 3.8) is 0 Å². The van der Waals surface area contributed by atoms with Gasteiger partial charge in [0.1, 0.15) is 5.82 Å². The first-order valence-corrected chi connectivity index (χ1v) is 3.83. The van der Waals surface area contributed by atoms with E-state index >= 15 is 0 Å². The van der Waals surface area contributed by atoms with Crippen LogP contribution >= 0.6 is 0 Å². The van der Waals surface area contributed by atoms with E-state index in [1.807, 2.05) is 0 Å². The predicted molar refractivity (Wildman–Crippen MR) is 43.8 cm³/mol. The number of hydrogen-bond acceptors (Lipinski definition) is 3. The van der Waals surface area contributed by atoms with Crippen LogP contribution in [0.25, 0.3) is 0 Å². The highest BCUT2D eigenvalue weighted by Gasteiger charge is 2.14. The highest BCUT2D eigenvalue weighted by atomic mass is 19.1. The molecule has 0 heterocycles. The van der Waals surface area contributed by atoms with Gasteiger partial charge in [0.25, 0.3) is 0 Å². The Morgan fingerprint density at radius 2 is 2.31 bits per heavy atom. The normalized spacial score (nSPS) is 9.77. The molecule has 0 unspecified atom stereocenters. The number of aryl methyl sites for hydroxylation is 1. The van der Waals surface area contributed by atoms with Gasteiger partial charge in [-0.2, -0.15) is 5.26 Å². The average Bonchev–Trinajstić information content (AvgIpc) is 2.17. The maximum absolute atomic E-state index is 13.3. The first-order chi connectivity index (χ1) is 6.20. The van der Waals surface area contributed by atoms with Crippen molar-refractivity contribution in [1.82, 2.24) is 0 Å². The number of halogens is 1. The topological polar surface area (TPSA) is 46.5 Å². The van der Waals surface area contributed by atoms with Crippen LogP contribution in [0.4, 0.5) is 4.39 Å². The Morgan fingerprint density at radius 3 is 2.85 bits per heavy atom. The Kier molecular flexibility index (Phi) is 2.97. The molecule has 0 atom stereocenters. The third kappa shape index (κ3) is 1.84. The minimum atomic E-state index is -1.08. The van der Waals surface area contributed by atoms with Crippen molar-refractivity contribution in [3.8, 4) is 0 Å². The van der Waals surface area contributed by atoms with E-state index in [1.54, 1.807) is 13.0 Å². The Hall–Kier alpha value is -1.42. The summed E-state index contributed by atoms with van der Waals surface area (Å²) in [7, 11) is 0. The molecule has 0 fully saturated rings. The molecule has 0 amide bonds. The number of carbonyl (C=O) groups is 1. The molecule has 13 heavy (non-hydrogen) atoms. The van der Waals surface area contributed by atoms with Crippen molar-refractivity contribution in [2.75, 3.05) is 0 Å². The molecule has 4 heteroatoms. The zero-order chi connectivity index (χ0) is 9.84. The maximum atomic E-state index is 13.3. The Balaban J connectivity index is 3.15. The van der Waals surface area contributed by atoms with Crippen molar-refractivity contribution < 1.29 is 19.3 Å². The summed E-state index contributed by atoms with van der Waals surface area (Å²) in [6.07, 6.45) is 0.485. The van der Waals surface area contributed by atoms with Gasteiger partial charge in [0, 0.05) is 0 Å². The molecule has 0 saturated carbocycles. The second-order valence-electron chi connectivity index (χ2n) is 2.51. The summed E-state index contributed by atoms with van der Waals surface area (Å²) in [4.78, 5) is 14.2. The minimum Gasteiger partial charge on any atom is -0.295 e. The number of hydrogen-bond donors (Lipinski definition) is 1. The first kappa shape index (κ1) is 9.67. The Morgan fingerprint density at radius 1 is 1.62 bits per heavy atom. The van der Waals surface area contributed by atoms with Crippen LogP contribution in [0.3, 0.4) is 0 Å². The van der Waals surface area contributed by atoms with Crippen LogP contribution < -0.4 is 0 Å². The van der Waals surface area contributed by atoms with Crippen LogP contribution in [0.1, 0.15) is 22.8 Å². The monoisotopic (exact) mass is 184 g/mol. The van der Waals surface area contributed by atoms with Gasteiger partial charge in [0.2, 0.25) is 0 Å². The van der Waals surface area contributed by atoms with E-state index < -0.39 is 11.8 Å². The first-order valence-electron chi connectivity index (χ1n) is 3.83. The van der Waals surface area contributed by atoms with E-state index in [4.69, 9.17) is 5.26 Å². The van der Waals surface area contributed by atoms with Gasteiger partial charge < -0.3 is 0 Å². The lowest BCUT2D eigenvalue weighted by Gasteiger charge is -2.02. The lowest BCUT2D eigenvalue weighted by Crippen LogP contribution is -2.06. The summed E-state index contributed by atoms with van der Waals surface area (Å²) >= 11 is 0. The average molecular weight is 184 g/mol. The van der Waals surface area contributed by atoms with Crippen LogP contribution in [0, 0.1) is 5.82 Å². The molecule has 0 spiro atoms. The molecule has 1 aromatic carbocycles. The number of rotatable bonds is 2. The van der Waals surface area contributed by atoms with Crippen LogP contribution in [-0.4, -0.2) is 11.2 Å². The van der Waals surface area contributed by atoms with E-state index in [9.17, 15) is 9.18 Å². The number of carbonyl (C=O) groups excluding carboxylic acids is 1. The summed E-state index contributed by atoms with van der Waals surface area (Å²) < 4.78 is 13.3. The SMILES string of the molecule is CCc1cccc(C(=O)OO)c1F. The van der Waals surface area contributed by atoms with E-state index in [1.165, 1.54) is 12.1 Å². The molecule has 1 aromatic rings. The zero-order valence-corrected chi connectivity index (χ0v) is 7.08. The predicted octanol–water partition coefficient (Wildman–Crippen LogP) is 2.02. The lowest BCUT2D eigenvalue weighted by atomic mass is 10.1. The zero-order valence-electron chi connectivity index (χ0n) is 7.08. The van der Waals surface area contributed by atoms with Gasteiger partial charge in [-0.3, -0.25) is 4.89 Å². The molecule has 70 valence electrons. The summed E-state index contributed by atoms with van der Waals surface area (Å²) in [6.45, 7) is 1.77.